The van der Waals surface area contributed by atoms with Gasteiger partial charge in [-0.25, -0.2) is 15.5 Å². The van der Waals surface area contributed by atoms with Gasteiger partial charge in [0.15, 0.2) is 0 Å². The van der Waals surface area contributed by atoms with Crippen LogP contribution in [0.15, 0.2) is 72.7 Å². The molecule has 0 fully saturated rings. The lowest BCUT2D eigenvalue weighted by molar-refractivity contribution is -0.112. The number of pyridine rings is 1. The van der Waals surface area contributed by atoms with E-state index >= 15 is 0 Å². The third-order valence-electron chi connectivity index (χ3n) is 4.71. The van der Waals surface area contributed by atoms with Gasteiger partial charge in [0, 0.05) is 23.0 Å². The molecule has 5 rings (SSSR count). The van der Waals surface area contributed by atoms with Crippen LogP contribution >= 0.6 is 0 Å². The predicted octanol–water partition coefficient (Wildman–Crippen LogP) is 3.82. The maximum Gasteiger partial charge on any atom is 0.138 e. The molecular formula is C22H16N6O. The van der Waals surface area contributed by atoms with Crippen LogP contribution in [0.25, 0.3) is 28.3 Å². The number of hydroxylamine groups is 3. The van der Waals surface area contributed by atoms with Gasteiger partial charge in [-0.05, 0) is 55.5 Å². The van der Waals surface area contributed by atoms with Crippen molar-refractivity contribution in [1.82, 2.24) is 25.5 Å². The molecule has 2 aromatic heterocycles. The van der Waals surface area contributed by atoms with Crippen molar-refractivity contribution in [3.63, 3.8) is 0 Å². The normalized spacial score (nSPS) is 14.7. The summed E-state index contributed by atoms with van der Waals surface area (Å²) in [6, 6.07) is 15.4. The first-order valence-electron chi connectivity index (χ1n) is 9.08. The van der Waals surface area contributed by atoms with E-state index in [-0.39, 0.29) is 0 Å². The average molecular weight is 380 g/mol. The van der Waals surface area contributed by atoms with E-state index in [0.29, 0.717) is 11.4 Å². The average Bonchev–Trinajstić information content (AvgIpc) is 3.40. The summed E-state index contributed by atoms with van der Waals surface area (Å²) in [6.45, 7) is 1.96. The summed E-state index contributed by atoms with van der Waals surface area (Å²) in [6.07, 6.45) is 7.56. The smallest absolute Gasteiger partial charge is 0.138 e. The van der Waals surface area contributed by atoms with Crippen LogP contribution in [0.2, 0.25) is 0 Å². The van der Waals surface area contributed by atoms with Crippen LogP contribution in [0, 0.1) is 18.3 Å². The number of aryl methyl sites for hydroxylation is 1. The molecule has 2 aliphatic rings. The van der Waals surface area contributed by atoms with E-state index in [2.05, 4.69) is 21.5 Å². The summed E-state index contributed by atoms with van der Waals surface area (Å²) in [7, 11) is 0. The van der Waals surface area contributed by atoms with Crippen molar-refractivity contribution in [2.45, 2.75) is 6.92 Å². The fraction of sp³-hybridized carbons (Fsp3) is 0.0455. The van der Waals surface area contributed by atoms with E-state index in [1.165, 1.54) is 0 Å². The van der Waals surface area contributed by atoms with Crippen molar-refractivity contribution >= 4 is 5.57 Å². The second-order valence-electron chi connectivity index (χ2n) is 6.68. The van der Waals surface area contributed by atoms with E-state index in [4.69, 9.17) is 15.2 Å². The fourth-order valence-electron chi connectivity index (χ4n) is 3.27. The summed E-state index contributed by atoms with van der Waals surface area (Å²) in [5, 5.41) is 10.7. The number of nitrogens with one attached hydrogen (secondary N) is 2. The zero-order chi connectivity index (χ0) is 19.8. The van der Waals surface area contributed by atoms with Gasteiger partial charge in [0.2, 0.25) is 0 Å². The molecule has 0 aliphatic carbocycles. The van der Waals surface area contributed by atoms with Crippen molar-refractivity contribution < 1.29 is 4.94 Å². The maximum atomic E-state index is 9.05. The molecule has 0 amide bonds. The SMILES string of the molecule is Cc1cccc(-c2[nH]c(-c3ccc(C#N)cc3)nc2C2=CC3=CNON3C=C2)n1. The topological polar surface area (TPSA) is 89.9 Å². The van der Waals surface area contributed by atoms with Gasteiger partial charge in [-0.3, -0.25) is 4.98 Å². The zero-order valence-corrected chi connectivity index (χ0v) is 15.5. The van der Waals surface area contributed by atoms with E-state index in [1.807, 2.05) is 55.6 Å². The highest BCUT2D eigenvalue weighted by Gasteiger charge is 2.22. The fourth-order valence-corrected chi connectivity index (χ4v) is 3.27. The molecule has 2 aliphatic heterocycles. The molecule has 0 saturated heterocycles. The number of allylic oxidation sites excluding steroid dienone is 3. The van der Waals surface area contributed by atoms with E-state index in [9.17, 15) is 0 Å². The number of aromatic amines is 1. The predicted molar refractivity (Wildman–Crippen MR) is 108 cm³/mol. The lowest BCUT2D eigenvalue weighted by Gasteiger charge is -2.16. The van der Waals surface area contributed by atoms with E-state index in [0.717, 1.165) is 39.6 Å². The van der Waals surface area contributed by atoms with Gasteiger partial charge in [-0.15, -0.1) is 0 Å². The standard InChI is InChI=1S/C22H16N6O/c1-14-3-2-4-19(25-14)21-20(17-9-10-28-18(11-17)13-24-29-28)26-22(27-21)16-7-5-15(12-23)6-8-16/h2-11,13,24H,1H3,(H,26,27). The van der Waals surface area contributed by atoms with Gasteiger partial charge in [-0.2, -0.15) is 10.2 Å². The Morgan fingerprint density at radius 2 is 1.97 bits per heavy atom. The van der Waals surface area contributed by atoms with Gasteiger partial charge in [-0.1, -0.05) is 6.07 Å². The number of H-pyrrole nitrogens is 1. The summed E-state index contributed by atoms with van der Waals surface area (Å²) in [5.41, 5.74) is 9.45. The number of rotatable bonds is 3. The van der Waals surface area contributed by atoms with Crippen LogP contribution in [-0.2, 0) is 4.94 Å². The van der Waals surface area contributed by atoms with Crippen LogP contribution < -0.4 is 5.48 Å². The minimum atomic E-state index is 0.611. The van der Waals surface area contributed by atoms with Gasteiger partial charge < -0.3 is 4.98 Å². The molecule has 3 aromatic rings. The molecule has 140 valence electrons. The van der Waals surface area contributed by atoms with Crippen LogP contribution in [0.1, 0.15) is 17.0 Å². The largest absolute Gasteiger partial charge is 0.336 e. The molecule has 0 radical (unpaired) electrons. The van der Waals surface area contributed by atoms with Crippen LogP contribution in [0.3, 0.4) is 0 Å². The molecule has 1 aromatic carbocycles. The molecule has 0 bridgehead atoms. The second kappa shape index (κ2) is 6.78. The van der Waals surface area contributed by atoms with Crippen molar-refractivity contribution in [1.29, 1.82) is 5.26 Å². The third kappa shape index (κ3) is 3.08. The first-order valence-corrected chi connectivity index (χ1v) is 9.08. The summed E-state index contributed by atoms with van der Waals surface area (Å²) in [5.74, 6) is 0.717. The number of aromatic nitrogens is 3. The van der Waals surface area contributed by atoms with Crippen molar-refractivity contribution in [3.05, 3.63) is 89.7 Å². The molecule has 4 heterocycles. The van der Waals surface area contributed by atoms with Crippen molar-refractivity contribution in [2.75, 3.05) is 0 Å². The molecule has 7 nitrogen and oxygen atoms in total. The Balaban J connectivity index is 1.65. The maximum absolute atomic E-state index is 9.05. The van der Waals surface area contributed by atoms with Gasteiger partial charge in [0.1, 0.15) is 5.82 Å². The van der Waals surface area contributed by atoms with Gasteiger partial charge in [0.05, 0.1) is 40.6 Å². The number of benzene rings is 1. The van der Waals surface area contributed by atoms with Crippen LogP contribution in [0.5, 0.6) is 0 Å². The molecule has 2 N–H and O–H groups in total. The Labute approximate surface area is 167 Å². The Hall–Kier alpha value is -4.15. The Bertz CT molecular complexity index is 1230. The van der Waals surface area contributed by atoms with Gasteiger partial charge >= 0.3 is 0 Å². The highest BCUT2D eigenvalue weighted by molar-refractivity contribution is 5.84. The molecule has 0 saturated carbocycles. The molecule has 7 heteroatoms. The highest BCUT2D eigenvalue weighted by Crippen LogP contribution is 2.33. The zero-order valence-electron chi connectivity index (χ0n) is 15.5. The molecule has 0 atom stereocenters. The van der Waals surface area contributed by atoms with Crippen LogP contribution in [0.4, 0.5) is 0 Å². The number of imidazole rings is 1. The number of hydrogen-bond donors (Lipinski definition) is 2. The first kappa shape index (κ1) is 17.0. The molecule has 0 spiro atoms. The van der Waals surface area contributed by atoms with Gasteiger partial charge in [0.25, 0.3) is 0 Å². The summed E-state index contributed by atoms with van der Waals surface area (Å²) < 4.78 is 0. The third-order valence-corrected chi connectivity index (χ3v) is 4.71. The Morgan fingerprint density at radius 3 is 2.76 bits per heavy atom. The summed E-state index contributed by atoms with van der Waals surface area (Å²) >= 11 is 0. The van der Waals surface area contributed by atoms with E-state index in [1.54, 1.807) is 23.4 Å². The van der Waals surface area contributed by atoms with E-state index < -0.39 is 0 Å². The minimum absolute atomic E-state index is 0.611. The first-order chi connectivity index (χ1) is 14.2. The number of nitriles is 1. The monoisotopic (exact) mass is 380 g/mol. The summed E-state index contributed by atoms with van der Waals surface area (Å²) in [4.78, 5) is 18.2. The lowest BCUT2D eigenvalue weighted by Crippen LogP contribution is -2.15. The lowest BCUT2D eigenvalue weighted by atomic mass is 10.1. The van der Waals surface area contributed by atoms with Crippen molar-refractivity contribution in [3.8, 4) is 28.8 Å². The highest BCUT2D eigenvalue weighted by atomic mass is 16.8. The molecule has 0 unspecified atom stereocenters. The second-order valence-corrected chi connectivity index (χ2v) is 6.68. The number of fused-ring (bicyclic) bond motifs is 1. The molecule has 29 heavy (non-hydrogen) atoms. The Kier molecular flexibility index (Phi) is 3.97. The van der Waals surface area contributed by atoms with Crippen molar-refractivity contribution in [2.24, 2.45) is 0 Å². The quantitative estimate of drug-likeness (QED) is 0.718. The minimum Gasteiger partial charge on any atom is -0.336 e. The Morgan fingerprint density at radius 1 is 1.10 bits per heavy atom. The number of hydrogen-bond acceptors (Lipinski definition) is 6. The van der Waals surface area contributed by atoms with Crippen LogP contribution in [-0.4, -0.2) is 20.0 Å². The molecular weight excluding hydrogens is 364 g/mol. The number of nitrogens with zero attached hydrogens (tertiary/aromatic N) is 4.